The minimum atomic E-state index is -1.47. The molecule has 3 fully saturated rings. The number of hydrogen-bond acceptors (Lipinski definition) is 48. The van der Waals surface area contributed by atoms with Crippen LogP contribution in [-0.4, -0.2) is 302 Å². The molecule has 0 aromatic carbocycles. The Hall–Kier alpha value is 1.20. The van der Waals surface area contributed by atoms with Crippen molar-refractivity contribution in [2.24, 2.45) is 0 Å². The van der Waals surface area contributed by atoms with E-state index in [1.807, 2.05) is 0 Å². The molecule has 0 aliphatic carbocycles. The molecule has 3 aliphatic rings. The molecule has 0 radical (unpaired) electrons. The Morgan fingerprint density at radius 3 is 0.182 bits per heavy atom. The molecule has 132 heavy (non-hydrogen) atoms. The molecular weight excluding hydrogens is 3040 g/mol. The standard InChI is InChI=1S/3C16H16O16.24ClH.4Co.4Nb.4Ni/c3*17-9-10(18)27-3-4-29-13(21)14(22)31-7-8-32-16(24)15(23)30-6-5-28-12(20)11(19)26-2-1-25-9;;;;;;;;;;;;;;;;;;;;;;;;;;;;;;;;;;;;/h3*1-8H2;24*1H;;;;;;;;;;;;/q;;;;;;;;;;;;;;;;;;;;;;;;;;;12*+2/p-24. The Balaban J connectivity index is -0.000000138. The molecule has 84 heteroatoms. The second-order valence-corrected chi connectivity index (χ2v) is 42.6. The zero-order chi connectivity index (χ0) is 104. The summed E-state index contributed by atoms with van der Waals surface area (Å²) >= 11 is 0.983. The Morgan fingerprint density at radius 2 is 0.159 bits per heavy atom. The van der Waals surface area contributed by atoms with Gasteiger partial charge in [0.15, 0.2) is 0 Å². The van der Waals surface area contributed by atoms with E-state index in [9.17, 15) is 115 Å². The van der Waals surface area contributed by atoms with E-state index in [0.29, 0.717) is 102 Å². The van der Waals surface area contributed by atoms with Gasteiger partial charge in [-0.05, 0) is 0 Å². The zero-order valence-corrected chi connectivity index (χ0v) is 97.1. The maximum absolute atomic E-state index is 11.3. The Morgan fingerprint density at radius 1 is 0.136 bits per heavy atom. The zero-order valence-electron chi connectivity index (χ0n) is 62.0. The normalized spacial score (nSPS) is 15.9. The van der Waals surface area contributed by atoms with Crippen molar-refractivity contribution in [3.8, 4) is 0 Å². The van der Waals surface area contributed by atoms with Gasteiger partial charge in [0, 0.05) is 0 Å². The van der Waals surface area contributed by atoms with Crippen molar-refractivity contribution in [3.05, 3.63) is 0 Å². The van der Waals surface area contributed by atoms with Crippen LogP contribution in [0.15, 0.2) is 0 Å². The van der Waals surface area contributed by atoms with E-state index in [1.54, 1.807) is 0 Å². The summed E-state index contributed by atoms with van der Waals surface area (Å²) in [7, 11) is 115. The number of rotatable bonds is 0. The van der Waals surface area contributed by atoms with Crippen molar-refractivity contribution >= 4 is 380 Å². The van der Waals surface area contributed by atoms with Crippen LogP contribution in [0.3, 0.4) is 0 Å². The van der Waals surface area contributed by atoms with Crippen LogP contribution in [0.2, 0.25) is 0 Å². The SMILES string of the molecule is O=C1OCCOC(=O)C(=O)OCCOC(=O)C(=O)OCCOC(=O)C(=O)OCCOC1=O.O=C1OCCOC(=O)C(=O)OCCOC(=O)C(=O)OCCOC(=O)C(=O)OCCOC1=O.O=C1OCCOC(=O)C(=O)OCCOC(=O)C(=O)OCCOC(=O)C(=O)OCCOC1=O.[Cl][Co][Cl].[Cl][Co][Cl].[Cl][Co][Cl].[Cl][Co][Cl].[Cl][Nb][Cl].[Cl][Nb][Cl].[Cl][Nb][Cl].[Cl][Nb][Cl].[Cl][Ni][Cl].[Cl][Ni][Cl].[Cl][Ni][Cl].[Cl][Ni][Cl]. The molecule has 0 aromatic rings. The molecule has 0 aromatic heterocycles. The van der Waals surface area contributed by atoms with Crippen molar-refractivity contribution in [1.29, 1.82) is 0 Å². The van der Waals surface area contributed by atoms with Gasteiger partial charge < -0.3 is 114 Å². The Bertz CT molecular complexity index is 2370. The minimum absolute atomic E-state index is 0.382. The fourth-order valence-electron chi connectivity index (χ4n) is 4.64. The van der Waals surface area contributed by atoms with Gasteiger partial charge in [-0.3, -0.25) is 0 Å². The van der Waals surface area contributed by atoms with E-state index in [2.05, 4.69) is 114 Å². The number of halogens is 24. The van der Waals surface area contributed by atoms with Gasteiger partial charge in [0.25, 0.3) is 0 Å². The molecule has 0 unspecified atom stereocenters. The van der Waals surface area contributed by atoms with Crippen molar-refractivity contribution < 1.29 is 401 Å². The van der Waals surface area contributed by atoms with E-state index in [-0.39, 0.29) is 0 Å². The molecule has 3 heterocycles. The molecule has 0 atom stereocenters. The van der Waals surface area contributed by atoms with Gasteiger partial charge in [-0.25, -0.2) is 115 Å². The van der Waals surface area contributed by atoms with Gasteiger partial charge in [0.1, 0.15) is 159 Å². The average molecular weight is 3090 g/mol. The van der Waals surface area contributed by atoms with Crippen LogP contribution in [0.25, 0.3) is 0 Å². The number of esters is 24. The first kappa shape index (κ1) is 158. The van der Waals surface area contributed by atoms with Crippen LogP contribution < -0.4 is 0 Å². The monoisotopic (exact) mass is 3070 g/mol. The van der Waals surface area contributed by atoms with Crippen LogP contribution in [0.5, 0.6) is 0 Å². The van der Waals surface area contributed by atoms with Crippen molar-refractivity contribution in [1.82, 2.24) is 0 Å². The average Bonchev–Trinajstić information content (AvgIpc) is 0.944. The summed E-state index contributed by atoms with van der Waals surface area (Å²) in [5.74, 6) is -35.3. The summed E-state index contributed by atoms with van der Waals surface area (Å²) in [6.45, 7) is -14.8. The number of hydrogen-bond donors (Lipinski definition) is 0. The summed E-state index contributed by atoms with van der Waals surface area (Å²) in [5, 5.41) is 0. The van der Waals surface area contributed by atoms with Gasteiger partial charge in [0.2, 0.25) is 0 Å². The molecule has 0 bridgehead atoms. The van der Waals surface area contributed by atoms with E-state index in [4.69, 9.17) is 236 Å². The van der Waals surface area contributed by atoms with Gasteiger partial charge in [-0.1, -0.05) is 0 Å². The van der Waals surface area contributed by atoms with Crippen LogP contribution >= 0.6 is 236 Å². The second-order valence-electron chi connectivity index (χ2n) is 15.9. The number of carbonyl (C=O) groups is 24. The van der Waals surface area contributed by atoms with Crippen molar-refractivity contribution in [2.75, 3.05) is 159 Å². The van der Waals surface area contributed by atoms with Crippen LogP contribution in [0.1, 0.15) is 0 Å². The molecule has 0 saturated carbocycles. The van der Waals surface area contributed by atoms with Gasteiger partial charge >= 0.3 is 552 Å². The van der Waals surface area contributed by atoms with Crippen LogP contribution in [0.4, 0.5) is 0 Å². The summed E-state index contributed by atoms with van der Waals surface area (Å²) in [6, 6.07) is 0. The first-order valence-corrected chi connectivity index (χ1v) is 74.0. The second kappa shape index (κ2) is 128. The molecule has 792 valence electrons. The van der Waals surface area contributed by atoms with E-state index in [0.717, 1.165) is 0 Å². The van der Waals surface area contributed by atoms with Crippen LogP contribution in [0, 0.1) is 0 Å². The number of ether oxygens (including phenoxy) is 24. The summed E-state index contributed by atoms with van der Waals surface area (Å²) < 4.78 is 106. The Kier molecular flexibility index (Phi) is 154. The third kappa shape index (κ3) is 125. The fraction of sp³-hybridized carbons (Fsp3) is 0.500. The molecule has 0 N–H and O–H groups in total. The summed E-state index contributed by atoms with van der Waals surface area (Å²) in [4.78, 5) is 272. The predicted octanol–water partition coefficient (Wildman–Crippen LogP) is 5.55. The summed E-state index contributed by atoms with van der Waals surface area (Å²) in [5.41, 5.74) is 0. The summed E-state index contributed by atoms with van der Waals surface area (Å²) in [6.07, 6.45) is 0. The third-order valence-corrected chi connectivity index (χ3v) is 8.60. The molecular formula is C48H48Cl24Co4Nb4Ni4O48. The third-order valence-electron chi connectivity index (χ3n) is 8.60. The van der Waals surface area contributed by atoms with Crippen molar-refractivity contribution in [3.63, 3.8) is 0 Å². The van der Waals surface area contributed by atoms with Gasteiger partial charge in [-0.2, -0.15) is 0 Å². The van der Waals surface area contributed by atoms with E-state index >= 15 is 0 Å². The quantitative estimate of drug-likeness (QED) is 0.124. The molecule has 0 amide bonds. The number of cyclic esters (lactones) is 24. The maximum atomic E-state index is 11.3. The molecule has 3 saturated heterocycles. The predicted molar refractivity (Wildman–Crippen MR) is 403 cm³/mol. The molecule has 3 rings (SSSR count). The fourth-order valence-corrected chi connectivity index (χ4v) is 4.64. The first-order chi connectivity index (χ1) is 62.6. The Labute approximate surface area is 926 Å². The molecule has 48 nitrogen and oxygen atoms in total. The van der Waals surface area contributed by atoms with Gasteiger partial charge in [-0.15, -0.1) is 0 Å². The van der Waals surface area contributed by atoms with E-state index in [1.165, 1.54) is 0 Å². The molecule has 3 aliphatic heterocycles. The number of carbonyl (C=O) groups excluding carboxylic acids is 24. The van der Waals surface area contributed by atoms with Crippen molar-refractivity contribution in [2.45, 2.75) is 0 Å². The first-order valence-electron chi connectivity index (χ1n) is 29.0. The van der Waals surface area contributed by atoms with Crippen LogP contribution in [-0.2, 0) is 401 Å². The van der Waals surface area contributed by atoms with E-state index < -0.39 is 372 Å². The topological polar surface area (TPSA) is 631 Å². The molecule has 0 spiro atoms. The van der Waals surface area contributed by atoms with Gasteiger partial charge in [0.05, 0.1) is 0 Å².